The summed E-state index contributed by atoms with van der Waals surface area (Å²) in [6, 6.07) is 4.77. The van der Waals surface area contributed by atoms with E-state index in [2.05, 4.69) is 26.1 Å². The zero-order valence-electron chi connectivity index (χ0n) is 12.5. The first-order valence-corrected chi connectivity index (χ1v) is 7.77. The lowest BCUT2D eigenvalue weighted by Gasteiger charge is -2.20. The highest BCUT2D eigenvalue weighted by Gasteiger charge is 2.18. The first-order valence-electron chi connectivity index (χ1n) is 6.95. The average molecular weight is 333 g/mol. The van der Waals surface area contributed by atoms with E-state index >= 15 is 0 Å². The molecule has 1 aromatic carbocycles. The maximum absolute atomic E-state index is 12.0. The van der Waals surface area contributed by atoms with Crippen LogP contribution in [-0.4, -0.2) is 28.7 Å². The Kier molecular flexibility index (Phi) is 4.11. The molecule has 3 rings (SSSR count). The zero-order chi connectivity index (χ0) is 16.4. The number of benzene rings is 1. The highest BCUT2D eigenvalue weighted by molar-refractivity contribution is 7.15. The number of carbonyl (C=O) groups is 2. The van der Waals surface area contributed by atoms with E-state index in [1.807, 2.05) is 19.9 Å². The van der Waals surface area contributed by atoms with E-state index in [0.29, 0.717) is 16.6 Å². The minimum Gasteiger partial charge on any atom is -0.482 e. The molecule has 8 nitrogen and oxygen atoms in total. The van der Waals surface area contributed by atoms with E-state index in [-0.39, 0.29) is 24.6 Å². The summed E-state index contributed by atoms with van der Waals surface area (Å²) in [5, 5.41) is 17.1. The van der Waals surface area contributed by atoms with E-state index in [4.69, 9.17) is 4.74 Å². The fourth-order valence-electron chi connectivity index (χ4n) is 2.13. The lowest BCUT2D eigenvalue weighted by molar-refractivity contribution is -0.118. The van der Waals surface area contributed by atoms with Gasteiger partial charge in [-0.25, -0.2) is 4.79 Å². The second-order valence-corrected chi connectivity index (χ2v) is 6.22. The summed E-state index contributed by atoms with van der Waals surface area (Å²) in [6.07, 6.45) is 0. The first kappa shape index (κ1) is 15.2. The number of aromatic nitrogens is 2. The molecule has 1 aliphatic heterocycles. The maximum atomic E-state index is 12.0. The van der Waals surface area contributed by atoms with Crippen molar-refractivity contribution in [2.75, 3.05) is 17.2 Å². The van der Waals surface area contributed by atoms with Crippen LogP contribution >= 0.6 is 11.3 Å². The Morgan fingerprint density at radius 2 is 2.26 bits per heavy atom. The molecule has 1 unspecified atom stereocenters. The van der Waals surface area contributed by atoms with Crippen LogP contribution in [0.1, 0.15) is 23.5 Å². The van der Waals surface area contributed by atoms with E-state index < -0.39 is 0 Å². The summed E-state index contributed by atoms with van der Waals surface area (Å²) in [6.45, 7) is 3.68. The van der Waals surface area contributed by atoms with Crippen LogP contribution in [0, 0.1) is 6.92 Å². The Morgan fingerprint density at radius 1 is 1.43 bits per heavy atom. The van der Waals surface area contributed by atoms with E-state index in [1.165, 1.54) is 11.3 Å². The lowest BCUT2D eigenvalue weighted by Crippen LogP contribution is -2.31. The average Bonchev–Trinajstić information content (AvgIpc) is 2.91. The number of anilines is 2. The standard InChI is InChI=1S/C14H15N5O3S/c1-7(15-13(21)17-14-19-18-8(2)23-14)9-3-4-11-10(5-9)16-12(20)6-22-11/h3-5,7H,6H2,1-2H3,(H,16,20)(H2,15,17,19,21). The van der Waals surface area contributed by atoms with Crippen molar-refractivity contribution in [3.05, 3.63) is 28.8 Å². The summed E-state index contributed by atoms with van der Waals surface area (Å²) < 4.78 is 5.31. The SMILES string of the molecule is Cc1nnc(NC(=O)NC(C)c2ccc3c(c2)NC(=O)CO3)s1. The largest absolute Gasteiger partial charge is 0.482 e. The van der Waals surface area contributed by atoms with Gasteiger partial charge in [0.2, 0.25) is 5.13 Å². The molecule has 120 valence electrons. The van der Waals surface area contributed by atoms with Crippen molar-refractivity contribution in [2.45, 2.75) is 19.9 Å². The number of amides is 3. The molecule has 1 aliphatic rings. The first-order chi connectivity index (χ1) is 11.0. The Hall–Kier alpha value is -2.68. The second-order valence-electron chi connectivity index (χ2n) is 5.04. The molecular formula is C14H15N5O3S. The lowest BCUT2D eigenvalue weighted by atomic mass is 10.1. The van der Waals surface area contributed by atoms with Crippen LogP contribution in [0.4, 0.5) is 15.6 Å². The molecule has 0 radical (unpaired) electrons. The highest BCUT2D eigenvalue weighted by atomic mass is 32.1. The maximum Gasteiger partial charge on any atom is 0.321 e. The molecule has 0 bridgehead atoms. The minimum absolute atomic E-state index is 0.0177. The third-order valence-electron chi connectivity index (χ3n) is 3.23. The van der Waals surface area contributed by atoms with Gasteiger partial charge >= 0.3 is 6.03 Å². The molecular weight excluding hydrogens is 318 g/mol. The molecule has 0 saturated carbocycles. The number of ether oxygens (including phenoxy) is 1. The van der Waals surface area contributed by atoms with Crippen molar-refractivity contribution in [1.82, 2.24) is 15.5 Å². The van der Waals surface area contributed by atoms with Crippen LogP contribution in [-0.2, 0) is 4.79 Å². The molecule has 0 saturated heterocycles. The molecule has 0 spiro atoms. The Balaban J connectivity index is 1.66. The van der Waals surface area contributed by atoms with E-state index in [1.54, 1.807) is 12.1 Å². The number of hydrogen-bond donors (Lipinski definition) is 3. The van der Waals surface area contributed by atoms with Crippen molar-refractivity contribution < 1.29 is 14.3 Å². The molecule has 1 atom stereocenters. The predicted molar refractivity (Wildman–Crippen MR) is 85.8 cm³/mol. The van der Waals surface area contributed by atoms with E-state index in [0.717, 1.165) is 10.6 Å². The van der Waals surface area contributed by atoms with Crippen LogP contribution < -0.4 is 20.7 Å². The van der Waals surface area contributed by atoms with Crippen LogP contribution in [0.25, 0.3) is 0 Å². The number of aryl methyl sites for hydroxylation is 1. The van der Waals surface area contributed by atoms with Crippen molar-refractivity contribution in [3.63, 3.8) is 0 Å². The molecule has 2 aromatic rings. The van der Waals surface area contributed by atoms with Gasteiger partial charge in [0.15, 0.2) is 6.61 Å². The van der Waals surface area contributed by atoms with Crippen LogP contribution in [0.15, 0.2) is 18.2 Å². The summed E-state index contributed by atoms with van der Waals surface area (Å²) in [5.74, 6) is 0.425. The van der Waals surface area contributed by atoms with Crippen molar-refractivity contribution in [3.8, 4) is 5.75 Å². The molecule has 3 amide bonds. The number of nitrogens with one attached hydrogen (secondary N) is 3. The summed E-state index contributed by atoms with van der Waals surface area (Å²) in [4.78, 5) is 23.3. The number of fused-ring (bicyclic) bond motifs is 1. The predicted octanol–water partition coefficient (Wildman–Crippen LogP) is 2.06. The number of carbonyl (C=O) groups excluding carboxylic acids is 2. The van der Waals surface area contributed by atoms with E-state index in [9.17, 15) is 9.59 Å². The van der Waals surface area contributed by atoms with Crippen LogP contribution in [0.5, 0.6) is 5.75 Å². The Morgan fingerprint density at radius 3 is 3.00 bits per heavy atom. The topological polar surface area (TPSA) is 105 Å². The molecule has 2 heterocycles. The Labute approximate surface area is 136 Å². The molecule has 23 heavy (non-hydrogen) atoms. The zero-order valence-corrected chi connectivity index (χ0v) is 13.4. The second kappa shape index (κ2) is 6.21. The van der Waals surface area contributed by atoms with Crippen molar-refractivity contribution in [2.24, 2.45) is 0 Å². The van der Waals surface area contributed by atoms with Gasteiger partial charge in [0, 0.05) is 0 Å². The van der Waals surface area contributed by atoms with Gasteiger partial charge in [-0.3, -0.25) is 10.1 Å². The normalized spacial score (nSPS) is 14.3. The number of hydrogen-bond acceptors (Lipinski definition) is 6. The summed E-state index contributed by atoms with van der Waals surface area (Å²) in [5.41, 5.74) is 1.45. The van der Waals surface area contributed by atoms with Gasteiger partial charge in [-0.15, -0.1) is 10.2 Å². The molecule has 1 aromatic heterocycles. The van der Waals surface area contributed by atoms with Crippen LogP contribution in [0.3, 0.4) is 0 Å². The fourth-order valence-corrected chi connectivity index (χ4v) is 2.72. The third-order valence-corrected chi connectivity index (χ3v) is 3.98. The quantitative estimate of drug-likeness (QED) is 0.797. The van der Waals surface area contributed by atoms with Gasteiger partial charge in [-0.1, -0.05) is 17.4 Å². The van der Waals surface area contributed by atoms with Crippen LogP contribution in [0.2, 0.25) is 0 Å². The fraction of sp³-hybridized carbons (Fsp3) is 0.286. The number of urea groups is 1. The number of rotatable bonds is 3. The molecule has 0 aliphatic carbocycles. The minimum atomic E-state index is -0.369. The smallest absolute Gasteiger partial charge is 0.321 e. The monoisotopic (exact) mass is 333 g/mol. The van der Waals surface area contributed by atoms with Gasteiger partial charge in [0.1, 0.15) is 10.8 Å². The number of nitrogens with zero attached hydrogens (tertiary/aromatic N) is 2. The molecule has 9 heteroatoms. The third kappa shape index (κ3) is 3.57. The van der Waals surface area contributed by atoms with Crippen molar-refractivity contribution >= 4 is 34.1 Å². The summed E-state index contributed by atoms with van der Waals surface area (Å²) in [7, 11) is 0. The van der Waals surface area contributed by atoms with Gasteiger partial charge in [-0.05, 0) is 31.5 Å². The van der Waals surface area contributed by atoms with Gasteiger partial charge in [0.25, 0.3) is 5.91 Å². The molecule has 3 N–H and O–H groups in total. The Bertz CT molecular complexity index is 761. The summed E-state index contributed by atoms with van der Waals surface area (Å²) >= 11 is 1.30. The van der Waals surface area contributed by atoms with Gasteiger partial charge in [0.05, 0.1) is 11.7 Å². The highest BCUT2D eigenvalue weighted by Crippen LogP contribution is 2.30. The van der Waals surface area contributed by atoms with Gasteiger partial charge < -0.3 is 15.4 Å². The van der Waals surface area contributed by atoms with Gasteiger partial charge in [-0.2, -0.15) is 0 Å². The van der Waals surface area contributed by atoms with Crippen molar-refractivity contribution in [1.29, 1.82) is 0 Å². The molecule has 0 fully saturated rings.